The molecule has 0 aromatic heterocycles. The number of hydrogen-bond donors (Lipinski definition) is 3. The first-order chi connectivity index (χ1) is 16.4. The molecule has 1 aliphatic carbocycles. The molecule has 4 rings (SSSR count). The van der Waals surface area contributed by atoms with Crippen LogP contribution in [0.4, 0.5) is 5.69 Å². The zero-order chi connectivity index (χ0) is 24.3. The van der Waals surface area contributed by atoms with Gasteiger partial charge in [-0.15, -0.1) is 0 Å². The highest BCUT2D eigenvalue weighted by atomic mass is 35.5. The van der Waals surface area contributed by atoms with Gasteiger partial charge in [0.2, 0.25) is 5.75 Å². The summed E-state index contributed by atoms with van der Waals surface area (Å²) in [5.41, 5.74) is 0.970. The molecule has 2 aromatic carbocycles. The van der Waals surface area contributed by atoms with Crippen LogP contribution in [0.3, 0.4) is 0 Å². The maximum absolute atomic E-state index is 13.0. The quantitative estimate of drug-likeness (QED) is 0.556. The van der Waals surface area contributed by atoms with Crippen LogP contribution in [0.1, 0.15) is 43.7 Å². The van der Waals surface area contributed by atoms with Gasteiger partial charge < -0.3 is 29.5 Å². The summed E-state index contributed by atoms with van der Waals surface area (Å²) in [5, 5.41) is 15.2. The van der Waals surface area contributed by atoms with E-state index in [0.29, 0.717) is 40.9 Å². The fourth-order valence-corrected chi connectivity index (χ4v) is 5.87. The number of carbonyl (C=O) groups excluding carboxylic acids is 1. The molecule has 0 bridgehead atoms. The molecule has 2 fully saturated rings. The first-order valence-electron chi connectivity index (χ1n) is 11.8. The largest absolute Gasteiger partial charge is 0.493 e. The lowest BCUT2D eigenvalue weighted by molar-refractivity contribution is -0.937. The number of piperidine rings is 1. The van der Waals surface area contributed by atoms with E-state index < -0.39 is 5.60 Å². The molecule has 1 saturated heterocycles. The van der Waals surface area contributed by atoms with Crippen LogP contribution in [-0.2, 0) is 4.79 Å². The molecule has 1 unspecified atom stereocenters. The molecule has 4 atom stereocenters. The number of halogens is 1. The average Bonchev–Trinajstić information content (AvgIpc) is 2.84. The van der Waals surface area contributed by atoms with Crippen LogP contribution in [0, 0.1) is 5.92 Å². The normalized spacial score (nSPS) is 26.3. The number of hydrogen-bond acceptors (Lipinski definition) is 5. The van der Waals surface area contributed by atoms with Gasteiger partial charge in [-0.1, -0.05) is 24.4 Å². The summed E-state index contributed by atoms with van der Waals surface area (Å²) in [7, 11) is 4.78. The Morgan fingerprint density at radius 2 is 1.76 bits per heavy atom. The number of methoxy groups -OCH3 is 3. The number of quaternary nitrogens is 1. The number of rotatable bonds is 7. The van der Waals surface area contributed by atoms with E-state index in [1.165, 1.54) is 0 Å². The molecule has 1 amide bonds. The van der Waals surface area contributed by atoms with Gasteiger partial charge in [-0.3, -0.25) is 4.79 Å². The lowest BCUT2D eigenvalue weighted by Crippen LogP contribution is -3.16. The van der Waals surface area contributed by atoms with Crippen molar-refractivity contribution < 1.29 is 29.0 Å². The van der Waals surface area contributed by atoms with E-state index in [-0.39, 0.29) is 24.4 Å². The standard InChI is InChI=1S/C26H33ClN2O5/c1-32-21-14-17(15-22(33-2)25(21)34-3)24-20-6-4-5-11-26(20,31)12-13-29(24)16-23(30)28-19-9-7-18(27)8-10-19/h7-10,14-15,20,24,31H,4-6,11-13,16H2,1-3H3,(H,28,30)/p+1/t20-,24+,26-/m1/s1. The third kappa shape index (κ3) is 4.97. The minimum Gasteiger partial charge on any atom is -0.493 e. The van der Waals surface area contributed by atoms with Crippen molar-refractivity contribution in [3.63, 3.8) is 0 Å². The van der Waals surface area contributed by atoms with Crippen molar-refractivity contribution in [1.82, 2.24) is 0 Å². The van der Waals surface area contributed by atoms with Crippen LogP contribution in [0.5, 0.6) is 17.2 Å². The first kappa shape index (κ1) is 24.6. The molecule has 184 valence electrons. The Hall–Kier alpha value is -2.48. The van der Waals surface area contributed by atoms with E-state index in [9.17, 15) is 9.90 Å². The van der Waals surface area contributed by atoms with Crippen LogP contribution in [0.2, 0.25) is 5.02 Å². The minimum absolute atomic E-state index is 0.0381. The van der Waals surface area contributed by atoms with Crippen molar-refractivity contribution in [3.8, 4) is 17.2 Å². The predicted molar refractivity (Wildman–Crippen MR) is 131 cm³/mol. The third-order valence-corrected chi connectivity index (χ3v) is 7.60. The third-order valence-electron chi connectivity index (χ3n) is 7.35. The second-order valence-corrected chi connectivity index (χ2v) is 9.72. The number of likely N-dealkylation sites (tertiary alicyclic amines) is 1. The summed E-state index contributed by atoms with van der Waals surface area (Å²) in [5.74, 6) is 1.65. The molecule has 1 saturated carbocycles. The van der Waals surface area contributed by atoms with Crippen LogP contribution < -0.4 is 24.4 Å². The fraction of sp³-hybridized carbons (Fsp3) is 0.500. The number of benzene rings is 2. The number of amides is 1. The molecular formula is C26H34ClN2O5+. The molecule has 0 spiro atoms. The van der Waals surface area contributed by atoms with Gasteiger partial charge in [0.25, 0.3) is 5.91 Å². The Kier molecular flexibility index (Phi) is 7.55. The predicted octanol–water partition coefficient (Wildman–Crippen LogP) is 3.26. The topological polar surface area (TPSA) is 81.5 Å². The van der Waals surface area contributed by atoms with E-state index in [2.05, 4.69) is 5.32 Å². The van der Waals surface area contributed by atoms with Crippen molar-refractivity contribution in [2.45, 2.75) is 43.7 Å². The molecule has 2 aromatic rings. The zero-order valence-electron chi connectivity index (χ0n) is 20.0. The Bertz CT molecular complexity index is 990. The summed E-state index contributed by atoms with van der Waals surface area (Å²) in [6, 6.07) is 10.9. The Labute approximate surface area is 205 Å². The lowest BCUT2D eigenvalue weighted by atomic mass is 9.66. The van der Waals surface area contributed by atoms with E-state index in [0.717, 1.165) is 36.1 Å². The van der Waals surface area contributed by atoms with Crippen molar-refractivity contribution in [3.05, 3.63) is 47.0 Å². The molecular weight excluding hydrogens is 456 g/mol. The summed E-state index contributed by atoms with van der Waals surface area (Å²) < 4.78 is 16.7. The van der Waals surface area contributed by atoms with Crippen molar-refractivity contribution in [2.24, 2.45) is 5.92 Å². The van der Waals surface area contributed by atoms with E-state index >= 15 is 0 Å². The number of ether oxygens (including phenoxy) is 3. The summed E-state index contributed by atoms with van der Waals surface area (Å²) in [4.78, 5) is 14.2. The zero-order valence-corrected chi connectivity index (χ0v) is 20.8. The van der Waals surface area contributed by atoms with Crippen molar-refractivity contribution in [1.29, 1.82) is 0 Å². The highest BCUT2D eigenvalue weighted by molar-refractivity contribution is 6.30. The molecule has 0 radical (unpaired) electrons. The molecule has 1 heterocycles. The number of anilines is 1. The number of aliphatic hydroxyl groups is 1. The Morgan fingerprint density at radius 1 is 1.09 bits per heavy atom. The number of nitrogens with one attached hydrogen (secondary N) is 2. The van der Waals surface area contributed by atoms with E-state index in [4.69, 9.17) is 25.8 Å². The molecule has 34 heavy (non-hydrogen) atoms. The minimum atomic E-state index is -0.723. The van der Waals surface area contributed by atoms with Gasteiger partial charge in [-0.2, -0.15) is 0 Å². The van der Waals surface area contributed by atoms with Crippen LogP contribution in [0.25, 0.3) is 0 Å². The van der Waals surface area contributed by atoms with Crippen LogP contribution in [0.15, 0.2) is 36.4 Å². The summed E-state index contributed by atoms with van der Waals surface area (Å²) in [6.07, 6.45) is 4.49. The van der Waals surface area contributed by atoms with E-state index in [1.54, 1.807) is 45.6 Å². The maximum Gasteiger partial charge on any atom is 0.279 e. The summed E-state index contributed by atoms with van der Waals surface area (Å²) in [6.45, 7) is 0.985. The number of carbonyl (C=O) groups is 1. The van der Waals surface area contributed by atoms with Crippen LogP contribution in [-0.4, -0.2) is 51.0 Å². The maximum atomic E-state index is 13.0. The summed E-state index contributed by atoms with van der Waals surface area (Å²) >= 11 is 5.97. The Morgan fingerprint density at radius 3 is 2.38 bits per heavy atom. The Balaban J connectivity index is 1.67. The molecule has 3 N–H and O–H groups in total. The van der Waals surface area contributed by atoms with E-state index in [1.807, 2.05) is 12.1 Å². The van der Waals surface area contributed by atoms with Gasteiger partial charge >= 0.3 is 0 Å². The smallest absolute Gasteiger partial charge is 0.279 e. The molecule has 2 aliphatic rings. The SMILES string of the molecule is COc1cc([C@H]2[C@H]3CCCC[C@@]3(O)CC[NH+]2CC(=O)Nc2ccc(Cl)cc2)cc(OC)c1OC. The van der Waals surface area contributed by atoms with Gasteiger partial charge in [0.15, 0.2) is 18.0 Å². The molecule has 1 aliphatic heterocycles. The van der Waals surface area contributed by atoms with Crippen LogP contribution >= 0.6 is 11.6 Å². The highest BCUT2D eigenvalue weighted by Gasteiger charge is 2.52. The first-order valence-corrected chi connectivity index (χ1v) is 12.2. The number of fused-ring (bicyclic) bond motifs is 1. The van der Waals surface area contributed by atoms with Crippen molar-refractivity contribution >= 4 is 23.2 Å². The van der Waals surface area contributed by atoms with Crippen molar-refractivity contribution in [2.75, 3.05) is 39.7 Å². The van der Waals surface area contributed by atoms with Gasteiger partial charge in [-0.05, 0) is 49.2 Å². The molecule has 7 nitrogen and oxygen atoms in total. The average molecular weight is 490 g/mol. The molecule has 8 heteroatoms. The van der Waals surface area contributed by atoms with Gasteiger partial charge in [0.05, 0.1) is 33.5 Å². The van der Waals surface area contributed by atoms with Gasteiger partial charge in [0.1, 0.15) is 6.04 Å². The second kappa shape index (κ2) is 10.4. The van der Waals surface area contributed by atoms with Gasteiger partial charge in [-0.25, -0.2) is 0 Å². The fourth-order valence-electron chi connectivity index (χ4n) is 5.75. The van der Waals surface area contributed by atoms with Gasteiger partial charge in [0, 0.05) is 28.6 Å². The monoisotopic (exact) mass is 489 g/mol. The lowest BCUT2D eigenvalue weighted by Gasteiger charge is -2.50. The second-order valence-electron chi connectivity index (χ2n) is 9.28. The highest BCUT2D eigenvalue weighted by Crippen LogP contribution is 2.47.